The lowest BCUT2D eigenvalue weighted by Crippen LogP contribution is -2.35. The fourth-order valence-corrected chi connectivity index (χ4v) is 4.51. The minimum Gasteiger partial charge on any atom is -0.494 e. The summed E-state index contributed by atoms with van der Waals surface area (Å²) in [7, 11) is 0. The minimum atomic E-state index is -0.414. The van der Waals surface area contributed by atoms with Gasteiger partial charge in [0.25, 0.3) is 5.91 Å². The van der Waals surface area contributed by atoms with E-state index < -0.39 is 5.91 Å². The van der Waals surface area contributed by atoms with E-state index in [1.54, 1.807) is 11.6 Å². The normalized spacial score (nSPS) is 16.6. The predicted octanol–water partition coefficient (Wildman–Crippen LogP) is 4.98. The Bertz CT molecular complexity index is 1370. The summed E-state index contributed by atoms with van der Waals surface area (Å²) in [5.74, 6) is 0.519. The topological polar surface area (TPSA) is 83.0 Å². The molecule has 2 aliphatic heterocycles. The Balaban J connectivity index is 1.35. The zero-order chi connectivity index (χ0) is 22.9. The second kappa shape index (κ2) is 8.71. The van der Waals surface area contributed by atoms with Gasteiger partial charge in [0.05, 0.1) is 17.7 Å². The highest BCUT2D eigenvalue weighted by atomic mass is 32.2. The first-order chi connectivity index (χ1) is 16.0. The fraction of sp³-hybridized carbons (Fsp3) is 0.200. The molecule has 166 valence electrons. The van der Waals surface area contributed by atoms with E-state index in [1.165, 1.54) is 27.9 Å². The Morgan fingerprint density at radius 2 is 2.00 bits per heavy atom. The van der Waals surface area contributed by atoms with Gasteiger partial charge < -0.3 is 9.30 Å². The smallest absolute Gasteiger partial charge is 0.283 e. The molecule has 0 saturated heterocycles. The van der Waals surface area contributed by atoms with Crippen molar-refractivity contribution in [3.63, 3.8) is 0 Å². The minimum absolute atomic E-state index is 0.0462. The van der Waals surface area contributed by atoms with Crippen LogP contribution in [0, 0.1) is 19.3 Å². The van der Waals surface area contributed by atoms with Gasteiger partial charge in [0, 0.05) is 29.2 Å². The number of rotatable bonds is 6. The van der Waals surface area contributed by atoms with Gasteiger partial charge in [-0.1, -0.05) is 24.3 Å². The molecule has 5 rings (SSSR count). The molecule has 0 atom stereocenters. The number of fused-ring (bicyclic) bond motifs is 2. The van der Waals surface area contributed by atoms with E-state index >= 15 is 0 Å². The van der Waals surface area contributed by atoms with Gasteiger partial charge in [-0.3, -0.25) is 10.2 Å². The van der Waals surface area contributed by atoms with Crippen molar-refractivity contribution in [3.05, 3.63) is 70.9 Å². The molecule has 3 aromatic rings. The van der Waals surface area contributed by atoms with Crippen LogP contribution in [0.25, 0.3) is 17.0 Å². The molecule has 2 aromatic carbocycles. The van der Waals surface area contributed by atoms with Crippen LogP contribution >= 0.6 is 11.8 Å². The highest BCUT2D eigenvalue weighted by Gasteiger charge is 2.32. The van der Waals surface area contributed by atoms with Gasteiger partial charge in [0.1, 0.15) is 5.75 Å². The number of hydrogen-bond donors (Lipinski definition) is 1. The predicted molar refractivity (Wildman–Crippen MR) is 134 cm³/mol. The van der Waals surface area contributed by atoms with E-state index in [0.29, 0.717) is 11.8 Å². The summed E-state index contributed by atoms with van der Waals surface area (Å²) < 4.78 is 8.11. The number of hydrogen-bond acceptors (Lipinski definition) is 5. The van der Waals surface area contributed by atoms with Gasteiger partial charge in [-0.2, -0.15) is 15.1 Å². The van der Waals surface area contributed by atoms with Crippen molar-refractivity contribution in [3.8, 4) is 5.75 Å². The summed E-state index contributed by atoms with van der Waals surface area (Å²) in [6.45, 7) is 5.56. The first-order valence-electron chi connectivity index (χ1n) is 10.7. The molecular formula is C25H23N5O2S. The second-order valence-electron chi connectivity index (χ2n) is 8.00. The number of amidine groups is 2. The average Bonchev–Trinajstić information content (AvgIpc) is 3.41. The number of nitrogens with zero attached hydrogens (tertiary/aromatic N) is 4. The summed E-state index contributed by atoms with van der Waals surface area (Å²) >= 11 is 1.24. The van der Waals surface area contributed by atoms with Crippen LogP contribution in [0.3, 0.4) is 0 Å². The number of hydrazone groups is 1. The molecule has 2 aliphatic rings. The summed E-state index contributed by atoms with van der Waals surface area (Å²) in [5, 5.41) is 15.4. The lowest BCUT2D eigenvalue weighted by molar-refractivity contribution is -0.114. The van der Waals surface area contributed by atoms with Crippen molar-refractivity contribution in [1.82, 2.24) is 9.58 Å². The first kappa shape index (κ1) is 21.2. The lowest BCUT2D eigenvalue weighted by Gasteiger charge is -2.20. The third-order valence-electron chi connectivity index (χ3n) is 5.81. The molecule has 8 heteroatoms. The van der Waals surface area contributed by atoms with Gasteiger partial charge in [-0.25, -0.2) is 0 Å². The SMILES string of the molecule is Cc1ccc(OCCCn2cc(/C=C3\C(=N)N4N=CSC4=NC3=O)c3ccccc32)cc1C. The van der Waals surface area contributed by atoms with E-state index in [4.69, 9.17) is 10.1 Å². The lowest BCUT2D eigenvalue weighted by atomic mass is 10.1. The van der Waals surface area contributed by atoms with Crippen molar-refractivity contribution in [1.29, 1.82) is 5.41 Å². The van der Waals surface area contributed by atoms with Crippen molar-refractivity contribution in [2.24, 2.45) is 10.1 Å². The van der Waals surface area contributed by atoms with Gasteiger partial charge in [0.15, 0.2) is 11.0 Å². The molecular weight excluding hydrogens is 434 g/mol. The zero-order valence-corrected chi connectivity index (χ0v) is 19.2. The quantitative estimate of drug-likeness (QED) is 0.418. The summed E-state index contributed by atoms with van der Waals surface area (Å²) in [4.78, 5) is 16.6. The molecule has 1 amide bonds. The highest BCUT2D eigenvalue weighted by molar-refractivity contribution is 8.25. The summed E-state index contributed by atoms with van der Waals surface area (Å²) in [6, 6.07) is 14.2. The van der Waals surface area contributed by atoms with Crippen LogP contribution in [0.5, 0.6) is 5.75 Å². The van der Waals surface area contributed by atoms with Crippen LogP contribution in [0.1, 0.15) is 23.1 Å². The van der Waals surface area contributed by atoms with E-state index in [2.05, 4.69) is 46.7 Å². The maximum Gasteiger partial charge on any atom is 0.283 e. The standard InChI is InChI=1S/C25H23N5O2S/c1-16-8-9-19(12-17(16)2)32-11-5-10-29-14-18(20-6-3-4-7-22(20)29)13-21-23(26)30-25(28-24(21)31)33-15-27-30/h3-4,6-9,12-15,26H,5,10-11H2,1-2H3/b21-13+,26-23?. The molecule has 0 unspecified atom stereocenters. The fourth-order valence-electron chi connectivity index (χ4n) is 3.90. The Hall–Kier alpha value is -3.65. The second-order valence-corrected chi connectivity index (χ2v) is 8.81. The number of aliphatic imine (C=N–C) groups is 1. The third-order valence-corrected chi connectivity index (χ3v) is 6.48. The van der Waals surface area contributed by atoms with E-state index in [9.17, 15) is 4.79 Å². The molecule has 0 spiro atoms. The number of thioether (sulfide) groups is 1. The summed E-state index contributed by atoms with van der Waals surface area (Å²) in [6.07, 6.45) is 4.60. The number of ether oxygens (including phenoxy) is 1. The van der Waals surface area contributed by atoms with Crippen molar-refractivity contribution >= 4 is 51.2 Å². The van der Waals surface area contributed by atoms with Crippen LogP contribution in [-0.4, -0.2) is 38.6 Å². The molecule has 7 nitrogen and oxygen atoms in total. The molecule has 33 heavy (non-hydrogen) atoms. The number of benzene rings is 2. The van der Waals surface area contributed by atoms with E-state index in [1.807, 2.05) is 30.5 Å². The number of carbonyl (C=O) groups is 1. The van der Waals surface area contributed by atoms with Gasteiger partial charge in [-0.05, 0) is 67.4 Å². The molecule has 0 saturated carbocycles. The Morgan fingerprint density at radius 3 is 2.85 bits per heavy atom. The number of para-hydroxylation sites is 1. The number of carbonyl (C=O) groups excluding carboxylic acids is 1. The maximum absolute atomic E-state index is 12.6. The molecule has 1 N–H and O–H groups in total. The Labute approximate surface area is 196 Å². The molecule has 1 aromatic heterocycles. The number of aryl methyl sites for hydroxylation is 3. The molecule has 0 bridgehead atoms. The molecule has 0 radical (unpaired) electrons. The van der Waals surface area contributed by atoms with Gasteiger partial charge in [0.2, 0.25) is 0 Å². The molecule has 0 fully saturated rings. The number of aromatic nitrogens is 1. The van der Waals surface area contributed by atoms with Gasteiger partial charge >= 0.3 is 0 Å². The van der Waals surface area contributed by atoms with Crippen molar-refractivity contribution < 1.29 is 9.53 Å². The van der Waals surface area contributed by atoms with E-state index in [0.717, 1.165) is 35.2 Å². The van der Waals surface area contributed by atoms with Crippen LogP contribution in [0.15, 0.2) is 64.3 Å². The Kier molecular flexibility index (Phi) is 5.60. The average molecular weight is 458 g/mol. The van der Waals surface area contributed by atoms with Crippen LogP contribution in [0.2, 0.25) is 0 Å². The number of amides is 1. The van der Waals surface area contributed by atoms with Crippen LogP contribution in [0.4, 0.5) is 0 Å². The first-order valence-corrected chi connectivity index (χ1v) is 11.6. The van der Waals surface area contributed by atoms with Crippen LogP contribution < -0.4 is 4.74 Å². The number of nitrogens with one attached hydrogen (secondary N) is 1. The molecule has 0 aliphatic carbocycles. The monoisotopic (exact) mass is 457 g/mol. The highest BCUT2D eigenvalue weighted by Crippen LogP contribution is 2.28. The maximum atomic E-state index is 12.6. The van der Waals surface area contributed by atoms with E-state index in [-0.39, 0.29) is 11.4 Å². The third kappa shape index (κ3) is 4.09. The molecule has 3 heterocycles. The largest absolute Gasteiger partial charge is 0.494 e. The van der Waals surface area contributed by atoms with Crippen molar-refractivity contribution in [2.75, 3.05) is 6.61 Å². The van der Waals surface area contributed by atoms with Crippen LogP contribution in [-0.2, 0) is 11.3 Å². The Morgan fingerprint density at radius 1 is 1.15 bits per heavy atom. The summed E-state index contributed by atoms with van der Waals surface area (Å²) in [5.41, 5.74) is 6.24. The van der Waals surface area contributed by atoms with Gasteiger partial charge in [-0.15, -0.1) is 0 Å². The van der Waals surface area contributed by atoms with Crippen molar-refractivity contribution in [2.45, 2.75) is 26.8 Å². The zero-order valence-electron chi connectivity index (χ0n) is 18.4.